The van der Waals surface area contributed by atoms with E-state index in [1.54, 1.807) is 12.1 Å². The summed E-state index contributed by atoms with van der Waals surface area (Å²) in [5, 5.41) is 23.7. The van der Waals surface area contributed by atoms with E-state index in [0.29, 0.717) is 16.9 Å². The van der Waals surface area contributed by atoms with Crippen LogP contribution in [0.25, 0.3) is 88.0 Å². The lowest BCUT2D eigenvalue weighted by molar-refractivity contribution is 0.808. The molecule has 0 aliphatic heterocycles. The van der Waals surface area contributed by atoms with Crippen molar-refractivity contribution in [1.29, 1.82) is 5.26 Å². The number of nitriles is 1. The highest BCUT2D eigenvalue weighted by atomic mass is 15.4. The van der Waals surface area contributed by atoms with Gasteiger partial charge in [0.2, 0.25) is 0 Å². The van der Waals surface area contributed by atoms with Crippen LogP contribution in [0.1, 0.15) is 5.56 Å². The van der Waals surface area contributed by atoms with Crippen LogP contribution in [0.2, 0.25) is 0 Å². The first-order valence-electron chi connectivity index (χ1n) is 17.3. The Morgan fingerprint density at radius 1 is 0.547 bits per heavy atom. The Kier molecular flexibility index (Phi) is 6.79. The molecule has 0 atom stereocenters. The van der Waals surface area contributed by atoms with Crippen LogP contribution in [0.5, 0.6) is 0 Å². The number of para-hydroxylation sites is 4. The molecule has 10 rings (SSSR count). The third-order valence-corrected chi connectivity index (χ3v) is 10.1. The number of rotatable bonds is 5. The van der Waals surface area contributed by atoms with E-state index in [0.717, 1.165) is 66.7 Å². The van der Waals surface area contributed by atoms with Crippen LogP contribution >= 0.6 is 0 Å². The first-order valence-corrected chi connectivity index (χ1v) is 17.3. The Labute approximate surface area is 304 Å². The van der Waals surface area contributed by atoms with E-state index in [4.69, 9.17) is 16.9 Å². The van der Waals surface area contributed by atoms with Gasteiger partial charge in [-0.1, -0.05) is 108 Å². The van der Waals surface area contributed by atoms with Crippen LogP contribution in [-0.4, -0.2) is 24.1 Å². The van der Waals surface area contributed by atoms with Gasteiger partial charge in [-0.25, -0.2) is 9.53 Å². The Hall–Kier alpha value is -7.74. The van der Waals surface area contributed by atoms with Crippen molar-refractivity contribution in [2.75, 3.05) is 0 Å². The van der Waals surface area contributed by atoms with E-state index < -0.39 is 0 Å². The average Bonchev–Trinajstić information content (AvgIpc) is 3.92. The van der Waals surface area contributed by atoms with Crippen LogP contribution in [-0.2, 0) is 0 Å². The van der Waals surface area contributed by atoms with Gasteiger partial charge < -0.3 is 9.13 Å². The molecular formula is C46H27N7. The Morgan fingerprint density at radius 2 is 1.11 bits per heavy atom. The third-order valence-electron chi connectivity index (χ3n) is 10.1. The lowest BCUT2D eigenvalue weighted by atomic mass is 10.0. The van der Waals surface area contributed by atoms with E-state index in [1.807, 2.05) is 41.1 Å². The summed E-state index contributed by atoms with van der Waals surface area (Å²) in [5.41, 5.74) is 11.7. The molecule has 246 valence electrons. The molecule has 7 aromatic carbocycles. The summed E-state index contributed by atoms with van der Waals surface area (Å²) in [6.45, 7) is 7.50. The molecule has 7 nitrogen and oxygen atoms in total. The standard InChI is InChI=1S/C46H27N7/c1-48-32-24-22-31(23-25-32)44-46(53(50-49-44)33-26-20-30(29-47)21-27-33)40-16-9-15-39-38-14-4-7-19-43(38)52(45(39)40)35-11-8-10-34(28-35)51-41-17-5-2-12-36(41)37-13-3-6-18-42(37)51/h2-28H. The van der Waals surface area contributed by atoms with Crippen LogP contribution in [0, 0.1) is 17.9 Å². The van der Waals surface area contributed by atoms with E-state index in [9.17, 15) is 5.26 Å². The highest BCUT2D eigenvalue weighted by molar-refractivity contribution is 6.14. The topological polar surface area (TPSA) is 68.7 Å². The Morgan fingerprint density at radius 3 is 1.75 bits per heavy atom. The predicted octanol–water partition coefficient (Wildman–Crippen LogP) is 11.2. The van der Waals surface area contributed by atoms with Gasteiger partial charge in [-0.3, -0.25) is 0 Å². The number of benzene rings is 7. The minimum Gasteiger partial charge on any atom is -0.309 e. The van der Waals surface area contributed by atoms with Crippen molar-refractivity contribution >= 4 is 49.3 Å². The summed E-state index contributed by atoms with van der Waals surface area (Å²) in [5.74, 6) is 0. The molecule has 0 bridgehead atoms. The molecule has 0 amide bonds. The minimum absolute atomic E-state index is 0.556. The molecule has 7 heteroatoms. The molecule has 0 unspecified atom stereocenters. The Balaban J connectivity index is 1.27. The SMILES string of the molecule is [C-]#[N+]c1ccc(-c2nnn(-c3ccc(C#N)cc3)c2-c2cccc3c4ccccc4n(-c4cccc(-n5c6ccccc6c6ccccc65)c4)c23)cc1. The van der Waals surface area contributed by atoms with Crippen LogP contribution in [0.3, 0.4) is 0 Å². The van der Waals surface area contributed by atoms with Gasteiger partial charge in [0, 0.05) is 44.0 Å². The van der Waals surface area contributed by atoms with Crippen LogP contribution < -0.4 is 0 Å². The van der Waals surface area contributed by atoms with Gasteiger partial charge in [0.25, 0.3) is 0 Å². The molecule has 53 heavy (non-hydrogen) atoms. The molecule has 0 aliphatic carbocycles. The van der Waals surface area contributed by atoms with Crippen molar-refractivity contribution in [1.82, 2.24) is 24.1 Å². The summed E-state index contributed by atoms with van der Waals surface area (Å²) in [6.07, 6.45) is 0. The van der Waals surface area contributed by atoms with Crippen LogP contribution in [0.4, 0.5) is 5.69 Å². The number of fused-ring (bicyclic) bond motifs is 6. The molecule has 0 radical (unpaired) electrons. The van der Waals surface area contributed by atoms with Gasteiger partial charge in [-0.2, -0.15) is 5.26 Å². The van der Waals surface area contributed by atoms with Crippen LogP contribution in [0.15, 0.2) is 164 Å². The number of hydrogen-bond acceptors (Lipinski definition) is 3. The molecule has 3 aromatic heterocycles. The average molecular weight is 678 g/mol. The summed E-state index contributed by atoms with van der Waals surface area (Å²) in [6, 6.07) is 57.8. The zero-order valence-electron chi connectivity index (χ0n) is 28.2. The molecule has 0 N–H and O–H groups in total. The summed E-state index contributed by atoms with van der Waals surface area (Å²) >= 11 is 0. The summed E-state index contributed by atoms with van der Waals surface area (Å²) < 4.78 is 6.54. The van der Waals surface area contributed by atoms with E-state index in [-0.39, 0.29) is 0 Å². The highest BCUT2D eigenvalue weighted by Crippen LogP contribution is 2.42. The second-order valence-electron chi connectivity index (χ2n) is 13.0. The smallest absolute Gasteiger partial charge is 0.187 e. The van der Waals surface area contributed by atoms with Crippen molar-refractivity contribution in [3.8, 4) is 45.6 Å². The largest absolute Gasteiger partial charge is 0.309 e. The first kappa shape index (κ1) is 30.1. The molecule has 0 spiro atoms. The fourth-order valence-electron chi connectivity index (χ4n) is 7.72. The molecule has 0 fully saturated rings. The first-order chi connectivity index (χ1) is 26.2. The number of nitrogens with zero attached hydrogens (tertiary/aromatic N) is 7. The van der Waals surface area contributed by atoms with Crippen molar-refractivity contribution in [3.05, 3.63) is 181 Å². The minimum atomic E-state index is 0.556. The fourth-order valence-corrected chi connectivity index (χ4v) is 7.72. The molecule has 0 saturated heterocycles. The highest BCUT2D eigenvalue weighted by Gasteiger charge is 2.24. The van der Waals surface area contributed by atoms with Gasteiger partial charge in [0.1, 0.15) is 11.4 Å². The lowest BCUT2D eigenvalue weighted by Gasteiger charge is -2.15. The second-order valence-corrected chi connectivity index (χ2v) is 13.0. The summed E-state index contributed by atoms with van der Waals surface area (Å²) in [4.78, 5) is 3.60. The monoisotopic (exact) mass is 677 g/mol. The number of hydrogen-bond donors (Lipinski definition) is 0. The fraction of sp³-hybridized carbons (Fsp3) is 0. The van der Waals surface area contributed by atoms with Gasteiger partial charge in [0.05, 0.1) is 46.0 Å². The van der Waals surface area contributed by atoms with Crippen molar-refractivity contribution in [3.63, 3.8) is 0 Å². The van der Waals surface area contributed by atoms with Crippen molar-refractivity contribution in [2.45, 2.75) is 0 Å². The molecule has 3 heterocycles. The maximum atomic E-state index is 9.53. The lowest BCUT2D eigenvalue weighted by Crippen LogP contribution is -2.02. The molecule has 0 saturated carbocycles. The van der Waals surface area contributed by atoms with Gasteiger partial charge >= 0.3 is 0 Å². The molecule has 0 aliphatic rings. The molecular weight excluding hydrogens is 651 g/mol. The summed E-state index contributed by atoms with van der Waals surface area (Å²) in [7, 11) is 0. The predicted molar refractivity (Wildman–Crippen MR) is 212 cm³/mol. The van der Waals surface area contributed by atoms with Gasteiger partial charge in [0.15, 0.2) is 5.69 Å². The third kappa shape index (κ3) is 4.66. The molecule has 10 aromatic rings. The van der Waals surface area contributed by atoms with Crippen molar-refractivity contribution in [2.24, 2.45) is 0 Å². The quantitative estimate of drug-likeness (QED) is 0.170. The van der Waals surface area contributed by atoms with E-state index >= 15 is 0 Å². The number of aromatic nitrogens is 5. The zero-order chi connectivity index (χ0) is 35.5. The van der Waals surface area contributed by atoms with Gasteiger partial charge in [-0.05, 0) is 60.7 Å². The second kappa shape index (κ2) is 11.9. The van der Waals surface area contributed by atoms with E-state index in [1.165, 1.54) is 10.8 Å². The van der Waals surface area contributed by atoms with Gasteiger partial charge in [-0.15, -0.1) is 5.10 Å². The maximum Gasteiger partial charge on any atom is 0.187 e. The normalized spacial score (nSPS) is 11.4. The zero-order valence-corrected chi connectivity index (χ0v) is 28.2. The Bertz CT molecular complexity index is 3000. The maximum absolute atomic E-state index is 9.53. The van der Waals surface area contributed by atoms with E-state index in [2.05, 4.69) is 135 Å². The van der Waals surface area contributed by atoms with Crippen molar-refractivity contribution < 1.29 is 0 Å².